The second-order valence-electron chi connectivity index (χ2n) is 4.32. The third kappa shape index (κ3) is 1.85. The number of carbonyl (C=O) groups excluding carboxylic acids is 1. The van der Waals surface area contributed by atoms with Crippen LogP contribution in [0.1, 0.15) is 20.8 Å². The van der Waals surface area contributed by atoms with E-state index in [1.54, 1.807) is 4.90 Å². The van der Waals surface area contributed by atoms with E-state index in [0.717, 1.165) is 12.5 Å². The smallest absolute Gasteiger partial charge is 0.239 e. The van der Waals surface area contributed by atoms with E-state index in [-0.39, 0.29) is 11.9 Å². The van der Waals surface area contributed by atoms with Gasteiger partial charge in [-0.25, -0.2) is 0 Å². The van der Waals surface area contributed by atoms with Crippen molar-refractivity contribution in [2.24, 2.45) is 5.92 Å². The fourth-order valence-corrected chi connectivity index (χ4v) is 1.87. The van der Waals surface area contributed by atoms with Gasteiger partial charge in [-0.2, -0.15) is 0 Å². The van der Waals surface area contributed by atoms with Crippen LogP contribution in [-0.4, -0.2) is 48.4 Å². The summed E-state index contributed by atoms with van der Waals surface area (Å²) in [6, 6.07) is 0.597. The molecule has 1 fully saturated rings. The first-order chi connectivity index (χ1) is 5.95. The summed E-state index contributed by atoms with van der Waals surface area (Å²) in [6.45, 7) is 7.47. The van der Waals surface area contributed by atoms with Crippen molar-refractivity contribution in [1.82, 2.24) is 9.80 Å². The molecule has 0 saturated carbocycles. The molecule has 13 heavy (non-hydrogen) atoms. The molecule has 3 unspecified atom stereocenters. The molecule has 3 heteroatoms. The lowest BCUT2D eigenvalue weighted by Gasteiger charge is -2.48. The Hall–Kier alpha value is -0.570. The van der Waals surface area contributed by atoms with Crippen LogP contribution in [0.25, 0.3) is 0 Å². The van der Waals surface area contributed by atoms with E-state index in [9.17, 15) is 4.79 Å². The Morgan fingerprint density at radius 3 is 2.31 bits per heavy atom. The molecule has 1 heterocycles. The third-order valence-electron chi connectivity index (χ3n) is 3.14. The highest BCUT2D eigenvalue weighted by Gasteiger charge is 2.37. The fourth-order valence-electron chi connectivity index (χ4n) is 1.87. The zero-order valence-corrected chi connectivity index (χ0v) is 9.24. The highest BCUT2D eigenvalue weighted by Crippen LogP contribution is 2.26. The predicted octanol–water partition coefficient (Wildman–Crippen LogP) is 0.803. The minimum absolute atomic E-state index is 0.0428. The minimum Gasteiger partial charge on any atom is -0.347 e. The molecule has 76 valence electrons. The van der Waals surface area contributed by atoms with Gasteiger partial charge in [-0.15, -0.1) is 0 Å². The van der Waals surface area contributed by atoms with Gasteiger partial charge in [-0.1, -0.05) is 6.92 Å². The van der Waals surface area contributed by atoms with E-state index < -0.39 is 0 Å². The maximum absolute atomic E-state index is 11.6. The molecule has 3 nitrogen and oxygen atoms in total. The van der Waals surface area contributed by atoms with Gasteiger partial charge >= 0.3 is 0 Å². The third-order valence-corrected chi connectivity index (χ3v) is 3.14. The van der Waals surface area contributed by atoms with E-state index in [1.807, 2.05) is 21.0 Å². The van der Waals surface area contributed by atoms with Crippen molar-refractivity contribution < 1.29 is 4.79 Å². The molecule has 0 bridgehead atoms. The summed E-state index contributed by atoms with van der Waals surface area (Å²) in [7, 11) is 3.62. The number of carbonyl (C=O) groups is 1. The molecular formula is C10H20N2O. The van der Waals surface area contributed by atoms with E-state index in [1.165, 1.54) is 0 Å². The van der Waals surface area contributed by atoms with Crippen molar-refractivity contribution in [2.75, 3.05) is 20.6 Å². The maximum Gasteiger partial charge on any atom is 0.239 e. The average molecular weight is 184 g/mol. The lowest BCUT2D eigenvalue weighted by atomic mass is 9.90. The molecule has 1 amide bonds. The van der Waals surface area contributed by atoms with Crippen molar-refractivity contribution in [2.45, 2.75) is 32.9 Å². The molecule has 1 saturated heterocycles. The van der Waals surface area contributed by atoms with Crippen LogP contribution in [0.15, 0.2) is 0 Å². The second-order valence-corrected chi connectivity index (χ2v) is 4.32. The molecule has 1 rings (SSSR count). The van der Waals surface area contributed by atoms with Crippen molar-refractivity contribution in [3.63, 3.8) is 0 Å². The molecule has 0 radical (unpaired) electrons. The zero-order chi connectivity index (χ0) is 10.2. The lowest BCUT2D eigenvalue weighted by Crippen LogP contribution is -2.60. The summed E-state index contributed by atoms with van der Waals surface area (Å²) in [6.07, 6.45) is 0. The lowest BCUT2D eigenvalue weighted by molar-refractivity contribution is -0.138. The molecule has 0 spiro atoms. The van der Waals surface area contributed by atoms with Crippen molar-refractivity contribution >= 4 is 5.91 Å². The molecule has 3 atom stereocenters. The summed E-state index contributed by atoms with van der Waals surface area (Å²) in [4.78, 5) is 15.5. The summed E-state index contributed by atoms with van der Waals surface area (Å²) < 4.78 is 0. The molecule has 0 aliphatic carbocycles. The minimum atomic E-state index is 0.0428. The predicted molar refractivity (Wildman–Crippen MR) is 53.5 cm³/mol. The molecule has 0 aromatic carbocycles. The quantitative estimate of drug-likeness (QED) is 0.634. The number of hydrogen-bond acceptors (Lipinski definition) is 2. The van der Waals surface area contributed by atoms with Gasteiger partial charge in [0.05, 0.1) is 6.04 Å². The van der Waals surface area contributed by atoms with E-state index in [2.05, 4.69) is 18.7 Å². The summed E-state index contributed by atoms with van der Waals surface area (Å²) in [5.74, 6) is 0.941. The second kappa shape index (κ2) is 3.66. The largest absolute Gasteiger partial charge is 0.347 e. The first-order valence-electron chi connectivity index (χ1n) is 4.92. The topological polar surface area (TPSA) is 23.6 Å². The Balaban J connectivity index is 2.50. The summed E-state index contributed by atoms with van der Waals surface area (Å²) >= 11 is 0. The van der Waals surface area contributed by atoms with Gasteiger partial charge < -0.3 is 4.90 Å². The molecule has 0 aromatic rings. The number of likely N-dealkylation sites (N-methyl/N-ethyl adjacent to an activating group) is 1. The Morgan fingerprint density at radius 1 is 1.46 bits per heavy atom. The number of hydrogen-bond donors (Lipinski definition) is 0. The van der Waals surface area contributed by atoms with Crippen LogP contribution in [0.4, 0.5) is 0 Å². The highest BCUT2D eigenvalue weighted by molar-refractivity contribution is 5.81. The zero-order valence-electron chi connectivity index (χ0n) is 9.24. The summed E-state index contributed by atoms with van der Waals surface area (Å²) in [5, 5.41) is 0. The van der Waals surface area contributed by atoms with Crippen molar-refractivity contribution in [1.29, 1.82) is 0 Å². The molecule has 1 aliphatic rings. The Bertz CT molecular complexity index is 203. The molecule has 0 aromatic heterocycles. The average Bonchev–Trinajstić information content (AvgIpc) is 2.10. The van der Waals surface area contributed by atoms with Gasteiger partial charge in [0.25, 0.3) is 0 Å². The maximum atomic E-state index is 11.6. The van der Waals surface area contributed by atoms with Crippen LogP contribution >= 0.6 is 0 Å². The van der Waals surface area contributed by atoms with E-state index in [0.29, 0.717) is 6.04 Å². The Kier molecular flexibility index (Phi) is 2.96. The standard InChI is InChI=1S/C10H20N2O/c1-7-6-12(8(7)2)9(3)10(13)11(4)5/h7-9H,6H2,1-5H3. The molecular weight excluding hydrogens is 164 g/mol. The molecule has 1 aliphatic heterocycles. The van der Waals surface area contributed by atoms with Crippen LogP contribution in [0.5, 0.6) is 0 Å². The van der Waals surface area contributed by atoms with Gasteiger partial charge in [0, 0.05) is 26.7 Å². The number of likely N-dealkylation sites (tertiary alicyclic amines) is 1. The summed E-state index contributed by atoms with van der Waals surface area (Å²) in [5.41, 5.74) is 0. The van der Waals surface area contributed by atoms with E-state index >= 15 is 0 Å². The van der Waals surface area contributed by atoms with Crippen molar-refractivity contribution in [3.05, 3.63) is 0 Å². The normalized spacial score (nSPS) is 30.8. The first-order valence-corrected chi connectivity index (χ1v) is 4.92. The number of nitrogens with zero attached hydrogens (tertiary/aromatic N) is 2. The van der Waals surface area contributed by atoms with Gasteiger partial charge in [0.2, 0.25) is 5.91 Å². The van der Waals surface area contributed by atoms with Crippen LogP contribution < -0.4 is 0 Å². The van der Waals surface area contributed by atoms with Gasteiger partial charge in [-0.3, -0.25) is 9.69 Å². The van der Waals surface area contributed by atoms with Crippen LogP contribution in [-0.2, 0) is 4.79 Å². The monoisotopic (exact) mass is 184 g/mol. The van der Waals surface area contributed by atoms with Crippen LogP contribution in [0, 0.1) is 5.92 Å². The first kappa shape index (κ1) is 10.5. The molecule has 0 N–H and O–H groups in total. The highest BCUT2D eigenvalue weighted by atomic mass is 16.2. The van der Waals surface area contributed by atoms with Gasteiger partial charge in [0.1, 0.15) is 0 Å². The fraction of sp³-hybridized carbons (Fsp3) is 0.900. The SMILES string of the molecule is CC1CN(C(C)C(=O)N(C)C)C1C. The number of rotatable bonds is 2. The van der Waals surface area contributed by atoms with Crippen molar-refractivity contribution in [3.8, 4) is 0 Å². The van der Waals surface area contributed by atoms with E-state index in [4.69, 9.17) is 0 Å². The van der Waals surface area contributed by atoms with Gasteiger partial charge in [-0.05, 0) is 19.8 Å². The number of amides is 1. The van der Waals surface area contributed by atoms with Crippen LogP contribution in [0.3, 0.4) is 0 Å². The Morgan fingerprint density at radius 2 is 2.00 bits per heavy atom. The van der Waals surface area contributed by atoms with Gasteiger partial charge in [0.15, 0.2) is 0 Å². The van der Waals surface area contributed by atoms with Crippen LogP contribution in [0.2, 0.25) is 0 Å². The Labute approximate surface area is 80.7 Å².